The van der Waals surface area contributed by atoms with E-state index >= 15 is 0 Å². The SMILES string of the molecule is Cc1cc(C(=O)CSc2nnnn2C2CCCC2)c(C)n1-c1ncn[nH]1. The second-order valence-electron chi connectivity index (χ2n) is 6.49. The van der Waals surface area contributed by atoms with E-state index in [0.717, 1.165) is 24.2 Å². The molecule has 1 aliphatic carbocycles. The van der Waals surface area contributed by atoms with Crippen LogP contribution < -0.4 is 0 Å². The zero-order valence-corrected chi connectivity index (χ0v) is 15.5. The minimum absolute atomic E-state index is 0.0508. The van der Waals surface area contributed by atoms with Crippen LogP contribution in [0.4, 0.5) is 0 Å². The van der Waals surface area contributed by atoms with Crippen LogP contribution in [-0.4, -0.2) is 51.5 Å². The number of aryl methyl sites for hydroxylation is 1. The van der Waals surface area contributed by atoms with Gasteiger partial charge in [-0.05, 0) is 43.2 Å². The lowest BCUT2D eigenvalue weighted by Crippen LogP contribution is -2.10. The Morgan fingerprint density at radius 1 is 1.35 bits per heavy atom. The molecular weight excluding hydrogens is 352 g/mol. The third kappa shape index (κ3) is 3.05. The predicted molar refractivity (Wildman–Crippen MR) is 95.6 cm³/mol. The van der Waals surface area contributed by atoms with Crippen LogP contribution in [0.5, 0.6) is 0 Å². The highest BCUT2D eigenvalue weighted by molar-refractivity contribution is 7.99. The van der Waals surface area contributed by atoms with Crippen molar-refractivity contribution >= 4 is 17.5 Å². The number of aromatic amines is 1. The molecule has 3 aromatic rings. The molecule has 0 spiro atoms. The first-order valence-corrected chi connectivity index (χ1v) is 9.62. The molecule has 1 saturated carbocycles. The molecule has 4 rings (SSSR count). The van der Waals surface area contributed by atoms with Crippen molar-refractivity contribution in [3.63, 3.8) is 0 Å². The van der Waals surface area contributed by atoms with Gasteiger partial charge in [0.2, 0.25) is 11.1 Å². The third-order valence-corrected chi connectivity index (χ3v) is 5.74. The Labute approximate surface area is 154 Å². The van der Waals surface area contributed by atoms with Crippen molar-refractivity contribution in [3.8, 4) is 5.95 Å². The highest BCUT2D eigenvalue weighted by Crippen LogP contribution is 2.31. The van der Waals surface area contributed by atoms with E-state index < -0.39 is 0 Å². The third-order valence-electron chi connectivity index (χ3n) is 4.81. The Morgan fingerprint density at radius 3 is 2.88 bits per heavy atom. The molecule has 26 heavy (non-hydrogen) atoms. The lowest BCUT2D eigenvalue weighted by Gasteiger charge is -2.10. The summed E-state index contributed by atoms with van der Waals surface area (Å²) in [7, 11) is 0. The number of hydrogen-bond donors (Lipinski definition) is 1. The molecule has 136 valence electrons. The molecule has 0 aromatic carbocycles. The number of hydrogen-bond acceptors (Lipinski definition) is 7. The van der Waals surface area contributed by atoms with Crippen molar-refractivity contribution in [1.82, 2.24) is 40.0 Å². The first-order chi connectivity index (χ1) is 12.6. The minimum Gasteiger partial charge on any atom is -0.293 e. The number of carbonyl (C=O) groups is 1. The summed E-state index contributed by atoms with van der Waals surface area (Å²) in [6.45, 7) is 3.86. The van der Waals surface area contributed by atoms with Crippen LogP contribution in [-0.2, 0) is 0 Å². The molecule has 0 atom stereocenters. The smallest absolute Gasteiger partial charge is 0.229 e. The monoisotopic (exact) mass is 372 g/mol. The molecular formula is C16H20N8OS. The van der Waals surface area contributed by atoms with Gasteiger partial charge < -0.3 is 0 Å². The van der Waals surface area contributed by atoms with Crippen LogP contribution in [0, 0.1) is 13.8 Å². The molecule has 0 unspecified atom stereocenters. The summed E-state index contributed by atoms with van der Waals surface area (Å²) in [5.74, 6) is 0.958. The second-order valence-corrected chi connectivity index (χ2v) is 7.43. The zero-order chi connectivity index (χ0) is 18.1. The van der Waals surface area contributed by atoms with Gasteiger partial charge in [-0.15, -0.1) is 5.10 Å². The molecule has 0 amide bonds. The predicted octanol–water partition coefficient (Wildman–Crippen LogP) is 2.29. The van der Waals surface area contributed by atoms with Crippen LogP contribution in [0.1, 0.15) is 53.5 Å². The van der Waals surface area contributed by atoms with E-state index in [1.165, 1.54) is 30.9 Å². The number of H-pyrrole nitrogens is 1. The number of ketones is 1. The molecule has 0 aliphatic heterocycles. The van der Waals surface area contributed by atoms with E-state index in [1.807, 2.05) is 29.2 Å². The van der Waals surface area contributed by atoms with Gasteiger partial charge in [-0.1, -0.05) is 24.6 Å². The molecule has 10 heteroatoms. The van der Waals surface area contributed by atoms with Crippen molar-refractivity contribution in [2.75, 3.05) is 5.75 Å². The van der Waals surface area contributed by atoms with Gasteiger partial charge in [0.05, 0.1) is 11.8 Å². The molecule has 1 fully saturated rings. The first-order valence-electron chi connectivity index (χ1n) is 8.63. The Bertz CT molecular complexity index is 907. The number of thioether (sulfide) groups is 1. The van der Waals surface area contributed by atoms with E-state index in [4.69, 9.17) is 0 Å². The topological polar surface area (TPSA) is 107 Å². The van der Waals surface area contributed by atoms with Gasteiger partial charge in [-0.25, -0.2) is 9.78 Å². The minimum atomic E-state index is 0.0508. The Kier molecular flexibility index (Phi) is 4.58. The maximum atomic E-state index is 12.8. The van der Waals surface area contributed by atoms with Crippen LogP contribution in [0.3, 0.4) is 0 Å². The van der Waals surface area contributed by atoms with Gasteiger partial charge in [0.1, 0.15) is 6.33 Å². The molecule has 0 radical (unpaired) electrons. The number of rotatable bonds is 6. The largest absolute Gasteiger partial charge is 0.293 e. The fourth-order valence-corrected chi connectivity index (χ4v) is 4.37. The number of carbonyl (C=O) groups excluding carboxylic acids is 1. The van der Waals surface area contributed by atoms with Gasteiger partial charge in [0.25, 0.3) is 0 Å². The lowest BCUT2D eigenvalue weighted by molar-refractivity contribution is 0.102. The standard InChI is InChI=1S/C16H20N8OS/c1-10-7-13(11(2)23(10)15-17-9-18-19-15)14(25)8-26-16-20-21-22-24(16)12-5-3-4-6-12/h7,9,12H,3-6,8H2,1-2H3,(H,17,18,19). The van der Waals surface area contributed by atoms with Crippen molar-refractivity contribution < 1.29 is 4.79 Å². The van der Waals surface area contributed by atoms with Gasteiger partial charge >= 0.3 is 0 Å². The normalized spacial score (nSPS) is 15.0. The van der Waals surface area contributed by atoms with E-state index in [1.54, 1.807) is 0 Å². The summed E-state index contributed by atoms with van der Waals surface area (Å²) in [5, 5.41) is 19.4. The highest BCUT2D eigenvalue weighted by atomic mass is 32.2. The summed E-state index contributed by atoms with van der Waals surface area (Å²) in [5.41, 5.74) is 2.47. The summed E-state index contributed by atoms with van der Waals surface area (Å²) in [6, 6.07) is 2.25. The quantitative estimate of drug-likeness (QED) is 0.522. The van der Waals surface area contributed by atoms with Gasteiger partial charge in [-0.3, -0.25) is 9.36 Å². The van der Waals surface area contributed by atoms with Gasteiger partial charge in [0.15, 0.2) is 5.78 Å². The average Bonchev–Trinajstić information content (AvgIpc) is 3.40. The summed E-state index contributed by atoms with van der Waals surface area (Å²) >= 11 is 1.40. The van der Waals surface area contributed by atoms with E-state index in [0.29, 0.717) is 28.5 Å². The van der Waals surface area contributed by atoms with Crippen molar-refractivity contribution in [2.24, 2.45) is 0 Å². The van der Waals surface area contributed by atoms with Crippen molar-refractivity contribution in [2.45, 2.75) is 50.7 Å². The molecule has 1 aliphatic rings. The van der Waals surface area contributed by atoms with Crippen LogP contribution in [0.2, 0.25) is 0 Å². The molecule has 0 saturated heterocycles. The average molecular weight is 372 g/mol. The van der Waals surface area contributed by atoms with E-state index in [9.17, 15) is 4.79 Å². The molecule has 0 bridgehead atoms. The van der Waals surface area contributed by atoms with Crippen LogP contribution in [0.15, 0.2) is 17.6 Å². The highest BCUT2D eigenvalue weighted by Gasteiger charge is 2.23. The Balaban J connectivity index is 1.50. The second kappa shape index (κ2) is 7.02. The number of tetrazole rings is 1. The summed E-state index contributed by atoms with van der Waals surface area (Å²) < 4.78 is 3.77. The number of nitrogens with zero attached hydrogens (tertiary/aromatic N) is 7. The van der Waals surface area contributed by atoms with Crippen molar-refractivity contribution in [3.05, 3.63) is 29.3 Å². The van der Waals surface area contributed by atoms with Gasteiger partial charge in [0, 0.05) is 17.0 Å². The maximum absolute atomic E-state index is 12.8. The molecule has 3 aromatic heterocycles. The summed E-state index contributed by atoms with van der Waals surface area (Å²) in [4.78, 5) is 16.9. The van der Waals surface area contributed by atoms with Gasteiger partial charge in [-0.2, -0.15) is 10.1 Å². The van der Waals surface area contributed by atoms with E-state index in [-0.39, 0.29) is 5.78 Å². The Hall–Kier alpha value is -2.49. The fraction of sp³-hybridized carbons (Fsp3) is 0.500. The first kappa shape index (κ1) is 17.0. The number of nitrogens with one attached hydrogen (secondary N) is 1. The Morgan fingerprint density at radius 2 is 2.15 bits per heavy atom. The number of aromatic nitrogens is 8. The molecule has 3 heterocycles. The zero-order valence-electron chi connectivity index (χ0n) is 14.7. The van der Waals surface area contributed by atoms with Crippen LogP contribution in [0.25, 0.3) is 5.95 Å². The van der Waals surface area contributed by atoms with E-state index in [2.05, 4.69) is 30.7 Å². The summed E-state index contributed by atoms with van der Waals surface area (Å²) in [6.07, 6.45) is 6.08. The maximum Gasteiger partial charge on any atom is 0.229 e. The number of Topliss-reactive ketones (excluding diaryl/α,β-unsaturated/α-hetero) is 1. The van der Waals surface area contributed by atoms with Crippen molar-refractivity contribution in [1.29, 1.82) is 0 Å². The van der Waals surface area contributed by atoms with Crippen LogP contribution >= 0.6 is 11.8 Å². The fourth-order valence-electron chi connectivity index (χ4n) is 3.54. The lowest BCUT2D eigenvalue weighted by atomic mass is 10.2. The molecule has 9 nitrogen and oxygen atoms in total. The molecule has 1 N–H and O–H groups in total.